The Balaban J connectivity index is 1.59. The van der Waals surface area contributed by atoms with Crippen molar-refractivity contribution in [1.82, 2.24) is 10.2 Å². The minimum Gasteiger partial charge on any atom is -0.381 e. The van der Waals surface area contributed by atoms with Gasteiger partial charge in [-0.05, 0) is 44.9 Å². The number of nitrogens with zero attached hydrogens (tertiary/aromatic N) is 1. The minimum atomic E-state index is 0.0906. The summed E-state index contributed by atoms with van der Waals surface area (Å²) in [6, 6.07) is 1.13. The summed E-state index contributed by atoms with van der Waals surface area (Å²) in [5, 5.41) is 3.50. The Labute approximate surface area is 109 Å². The smallest absolute Gasteiger partial charge is 0.239 e. The Hall–Kier alpha value is -0.610. The molecule has 0 spiro atoms. The molecule has 1 amide bonds. The Morgan fingerprint density at radius 1 is 1.22 bits per heavy atom. The molecule has 1 N–H and O–H groups in total. The second-order valence-corrected chi connectivity index (χ2v) is 5.99. The van der Waals surface area contributed by atoms with Gasteiger partial charge in [0.15, 0.2) is 0 Å². The van der Waals surface area contributed by atoms with Crippen molar-refractivity contribution in [2.75, 3.05) is 13.7 Å². The molecule has 4 nitrogen and oxygen atoms in total. The standard InChI is InChI=1S/C14H24N2O2/c1-18-12-7-6-11(9-12)16-8-2-3-13(14(16)17)15-10-4-5-10/h10-13,15H,2-9H2,1H3. The summed E-state index contributed by atoms with van der Waals surface area (Å²) >= 11 is 0. The van der Waals surface area contributed by atoms with Gasteiger partial charge in [0.2, 0.25) is 5.91 Å². The highest BCUT2D eigenvalue weighted by atomic mass is 16.5. The van der Waals surface area contributed by atoms with Gasteiger partial charge < -0.3 is 15.0 Å². The van der Waals surface area contributed by atoms with Gasteiger partial charge in [0.05, 0.1) is 12.1 Å². The van der Waals surface area contributed by atoms with Crippen molar-refractivity contribution >= 4 is 5.91 Å². The van der Waals surface area contributed by atoms with E-state index in [1.54, 1.807) is 7.11 Å². The zero-order valence-corrected chi connectivity index (χ0v) is 11.2. The number of likely N-dealkylation sites (tertiary alicyclic amines) is 1. The molecule has 18 heavy (non-hydrogen) atoms. The van der Waals surface area contributed by atoms with Crippen LogP contribution in [0.25, 0.3) is 0 Å². The first-order chi connectivity index (χ1) is 8.78. The van der Waals surface area contributed by atoms with E-state index in [0.29, 0.717) is 24.1 Å². The highest BCUT2D eigenvalue weighted by Crippen LogP contribution is 2.29. The number of nitrogens with one attached hydrogen (secondary N) is 1. The second kappa shape index (κ2) is 5.17. The summed E-state index contributed by atoms with van der Waals surface area (Å²) < 4.78 is 5.42. The minimum absolute atomic E-state index is 0.0906. The van der Waals surface area contributed by atoms with E-state index in [4.69, 9.17) is 4.74 Å². The summed E-state index contributed by atoms with van der Waals surface area (Å²) in [7, 11) is 1.78. The van der Waals surface area contributed by atoms with Crippen molar-refractivity contribution in [3.8, 4) is 0 Å². The molecular formula is C14H24N2O2. The average Bonchev–Trinajstić information content (AvgIpc) is 3.07. The normalized spacial score (nSPS) is 37.3. The summed E-state index contributed by atoms with van der Waals surface area (Å²) in [5.41, 5.74) is 0. The maximum atomic E-state index is 12.5. The van der Waals surface area contributed by atoms with Crippen LogP contribution in [0.5, 0.6) is 0 Å². The summed E-state index contributed by atoms with van der Waals surface area (Å²) in [6.07, 6.45) is 8.26. The summed E-state index contributed by atoms with van der Waals surface area (Å²) in [4.78, 5) is 14.6. The van der Waals surface area contributed by atoms with E-state index in [1.807, 2.05) is 0 Å². The lowest BCUT2D eigenvalue weighted by molar-refractivity contribution is -0.138. The Morgan fingerprint density at radius 3 is 2.72 bits per heavy atom. The number of amides is 1. The van der Waals surface area contributed by atoms with Gasteiger partial charge in [-0.2, -0.15) is 0 Å². The van der Waals surface area contributed by atoms with Gasteiger partial charge in [-0.3, -0.25) is 4.79 Å². The average molecular weight is 252 g/mol. The van der Waals surface area contributed by atoms with E-state index < -0.39 is 0 Å². The van der Waals surface area contributed by atoms with Crippen LogP contribution in [0.3, 0.4) is 0 Å². The third kappa shape index (κ3) is 2.54. The van der Waals surface area contributed by atoms with Gasteiger partial charge >= 0.3 is 0 Å². The lowest BCUT2D eigenvalue weighted by Gasteiger charge is -2.37. The summed E-state index contributed by atoms with van der Waals surface area (Å²) in [6.45, 7) is 0.947. The molecule has 0 aromatic carbocycles. The number of methoxy groups -OCH3 is 1. The van der Waals surface area contributed by atoms with Gasteiger partial charge in [-0.25, -0.2) is 0 Å². The molecule has 3 rings (SSSR count). The van der Waals surface area contributed by atoms with E-state index in [-0.39, 0.29) is 6.04 Å². The zero-order chi connectivity index (χ0) is 12.5. The number of hydrogen-bond acceptors (Lipinski definition) is 3. The number of ether oxygens (including phenoxy) is 1. The molecule has 2 saturated carbocycles. The summed E-state index contributed by atoms with van der Waals surface area (Å²) in [5.74, 6) is 0.343. The predicted octanol–water partition coefficient (Wildman–Crippen LogP) is 1.30. The predicted molar refractivity (Wildman–Crippen MR) is 69.3 cm³/mol. The first-order valence-electron chi connectivity index (χ1n) is 7.37. The van der Waals surface area contributed by atoms with Crippen LogP contribution in [0.1, 0.15) is 44.9 Å². The zero-order valence-electron chi connectivity index (χ0n) is 11.2. The lowest BCUT2D eigenvalue weighted by atomic mass is 10.0. The highest BCUT2D eigenvalue weighted by Gasteiger charge is 2.38. The van der Waals surface area contributed by atoms with Crippen LogP contribution in [0.15, 0.2) is 0 Å². The first-order valence-corrected chi connectivity index (χ1v) is 7.37. The number of rotatable bonds is 4. The van der Waals surface area contributed by atoms with Crippen LogP contribution in [0.4, 0.5) is 0 Å². The fraction of sp³-hybridized carbons (Fsp3) is 0.929. The largest absolute Gasteiger partial charge is 0.381 e. The first kappa shape index (κ1) is 12.4. The number of hydrogen-bond donors (Lipinski definition) is 1. The lowest BCUT2D eigenvalue weighted by Crippen LogP contribution is -2.54. The van der Waals surface area contributed by atoms with E-state index in [2.05, 4.69) is 10.2 Å². The Morgan fingerprint density at radius 2 is 2.06 bits per heavy atom. The van der Waals surface area contributed by atoms with E-state index in [9.17, 15) is 4.79 Å². The molecule has 0 radical (unpaired) electrons. The molecule has 3 aliphatic rings. The topological polar surface area (TPSA) is 41.6 Å². The molecular weight excluding hydrogens is 228 g/mol. The molecule has 4 heteroatoms. The van der Waals surface area contributed by atoms with Crippen LogP contribution >= 0.6 is 0 Å². The van der Waals surface area contributed by atoms with Gasteiger partial charge in [-0.1, -0.05) is 0 Å². The van der Waals surface area contributed by atoms with Crippen LogP contribution in [0.2, 0.25) is 0 Å². The van der Waals surface area contributed by atoms with Crippen LogP contribution < -0.4 is 5.32 Å². The van der Waals surface area contributed by atoms with Crippen LogP contribution in [0, 0.1) is 0 Å². The van der Waals surface area contributed by atoms with Gasteiger partial charge in [0.25, 0.3) is 0 Å². The molecule has 1 saturated heterocycles. The van der Waals surface area contributed by atoms with E-state index in [0.717, 1.165) is 38.6 Å². The van der Waals surface area contributed by atoms with Crippen molar-refractivity contribution < 1.29 is 9.53 Å². The maximum Gasteiger partial charge on any atom is 0.239 e. The molecule has 1 aliphatic heterocycles. The monoisotopic (exact) mass is 252 g/mol. The molecule has 3 unspecified atom stereocenters. The number of carbonyl (C=O) groups is 1. The SMILES string of the molecule is COC1CCC(N2CCCC(NC3CC3)C2=O)C1. The molecule has 0 aromatic heterocycles. The Kier molecular flexibility index (Phi) is 3.57. The third-order valence-electron chi connectivity index (χ3n) is 4.62. The molecule has 2 aliphatic carbocycles. The Bertz CT molecular complexity index is 317. The van der Waals surface area contributed by atoms with Crippen molar-refractivity contribution in [2.45, 2.75) is 69.2 Å². The molecule has 1 heterocycles. The van der Waals surface area contributed by atoms with Crippen LogP contribution in [-0.4, -0.2) is 48.7 Å². The fourth-order valence-corrected chi connectivity index (χ4v) is 3.37. The second-order valence-electron chi connectivity index (χ2n) is 5.99. The maximum absolute atomic E-state index is 12.5. The molecule has 3 atom stereocenters. The number of carbonyl (C=O) groups excluding carboxylic acids is 1. The van der Waals surface area contributed by atoms with Crippen LogP contribution in [-0.2, 0) is 9.53 Å². The van der Waals surface area contributed by atoms with Gasteiger partial charge in [0, 0.05) is 25.7 Å². The van der Waals surface area contributed by atoms with Gasteiger partial charge in [0.1, 0.15) is 0 Å². The fourth-order valence-electron chi connectivity index (χ4n) is 3.37. The van der Waals surface area contributed by atoms with Crippen molar-refractivity contribution in [3.05, 3.63) is 0 Å². The van der Waals surface area contributed by atoms with Crippen molar-refractivity contribution in [3.63, 3.8) is 0 Å². The van der Waals surface area contributed by atoms with Crippen molar-refractivity contribution in [2.24, 2.45) is 0 Å². The molecule has 3 fully saturated rings. The molecule has 0 bridgehead atoms. The van der Waals surface area contributed by atoms with E-state index >= 15 is 0 Å². The quantitative estimate of drug-likeness (QED) is 0.820. The molecule has 0 aromatic rings. The third-order valence-corrected chi connectivity index (χ3v) is 4.62. The van der Waals surface area contributed by atoms with Crippen molar-refractivity contribution in [1.29, 1.82) is 0 Å². The van der Waals surface area contributed by atoms with E-state index in [1.165, 1.54) is 12.8 Å². The molecule has 102 valence electrons. The highest BCUT2D eigenvalue weighted by molar-refractivity contribution is 5.83. The number of piperidine rings is 1. The van der Waals surface area contributed by atoms with Gasteiger partial charge in [-0.15, -0.1) is 0 Å².